The summed E-state index contributed by atoms with van der Waals surface area (Å²) >= 11 is 0. The molecule has 2 aromatic carbocycles. The summed E-state index contributed by atoms with van der Waals surface area (Å²) < 4.78 is 0. The molecular formula is C20H22N2. The number of H-pyrrole nitrogens is 1. The molecule has 0 spiro atoms. The second-order valence-corrected chi connectivity index (χ2v) is 6.31. The predicted octanol–water partition coefficient (Wildman–Crippen LogP) is 4.90. The van der Waals surface area contributed by atoms with E-state index < -0.39 is 0 Å². The molecule has 112 valence electrons. The Morgan fingerprint density at radius 2 is 1.82 bits per heavy atom. The summed E-state index contributed by atoms with van der Waals surface area (Å²) in [5.41, 5.74) is 5.54. The van der Waals surface area contributed by atoms with Crippen molar-refractivity contribution in [1.29, 1.82) is 0 Å². The first-order valence-electron chi connectivity index (χ1n) is 8.23. The molecule has 1 aliphatic rings. The molecule has 0 fully saturated rings. The van der Waals surface area contributed by atoms with Gasteiger partial charge in [-0.2, -0.15) is 0 Å². The van der Waals surface area contributed by atoms with Crippen LogP contribution in [0.25, 0.3) is 10.9 Å². The number of hydrogen-bond acceptors (Lipinski definition) is 1. The van der Waals surface area contributed by atoms with Crippen LogP contribution in [0.4, 0.5) is 0 Å². The van der Waals surface area contributed by atoms with Gasteiger partial charge in [0.15, 0.2) is 0 Å². The Bertz CT molecular complexity index is 773. The van der Waals surface area contributed by atoms with Crippen LogP contribution in [0.3, 0.4) is 0 Å². The van der Waals surface area contributed by atoms with E-state index in [4.69, 9.17) is 0 Å². The highest BCUT2D eigenvalue weighted by atomic mass is 15.0. The summed E-state index contributed by atoms with van der Waals surface area (Å²) in [7, 11) is 0. The summed E-state index contributed by atoms with van der Waals surface area (Å²) in [5.74, 6) is 0. The van der Waals surface area contributed by atoms with Gasteiger partial charge in [-0.05, 0) is 43.4 Å². The Hall–Kier alpha value is -2.06. The fourth-order valence-corrected chi connectivity index (χ4v) is 3.72. The third kappa shape index (κ3) is 2.34. The zero-order valence-corrected chi connectivity index (χ0v) is 13.0. The SMILES string of the molecule is CC(NC1CCCc2c1[nH]c1ccccc21)c1ccccc1. The van der Waals surface area contributed by atoms with Gasteiger partial charge < -0.3 is 10.3 Å². The summed E-state index contributed by atoms with van der Waals surface area (Å²) in [5, 5.41) is 5.22. The molecule has 3 aromatic rings. The molecule has 2 heteroatoms. The van der Waals surface area contributed by atoms with Crippen LogP contribution in [0.5, 0.6) is 0 Å². The lowest BCUT2D eigenvalue weighted by Gasteiger charge is -2.27. The van der Waals surface area contributed by atoms with Crippen molar-refractivity contribution in [3.63, 3.8) is 0 Å². The van der Waals surface area contributed by atoms with Crippen molar-refractivity contribution in [2.75, 3.05) is 0 Å². The molecule has 0 saturated heterocycles. The van der Waals surface area contributed by atoms with E-state index in [1.165, 1.54) is 47.0 Å². The van der Waals surface area contributed by atoms with Crippen LogP contribution in [-0.4, -0.2) is 4.98 Å². The third-order valence-corrected chi connectivity index (χ3v) is 4.87. The van der Waals surface area contributed by atoms with E-state index in [-0.39, 0.29) is 0 Å². The van der Waals surface area contributed by atoms with Gasteiger partial charge in [-0.1, -0.05) is 48.5 Å². The number of aromatic nitrogens is 1. The fourth-order valence-electron chi connectivity index (χ4n) is 3.72. The highest BCUT2D eigenvalue weighted by molar-refractivity contribution is 5.85. The van der Waals surface area contributed by atoms with Crippen molar-refractivity contribution in [2.45, 2.75) is 38.3 Å². The van der Waals surface area contributed by atoms with Crippen molar-refractivity contribution < 1.29 is 0 Å². The van der Waals surface area contributed by atoms with Gasteiger partial charge in [-0.25, -0.2) is 0 Å². The van der Waals surface area contributed by atoms with E-state index >= 15 is 0 Å². The van der Waals surface area contributed by atoms with Crippen molar-refractivity contribution in [2.24, 2.45) is 0 Å². The molecule has 22 heavy (non-hydrogen) atoms. The van der Waals surface area contributed by atoms with Gasteiger partial charge >= 0.3 is 0 Å². The largest absolute Gasteiger partial charge is 0.357 e. The van der Waals surface area contributed by atoms with Crippen LogP contribution in [-0.2, 0) is 6.42 Å². The smallest absolute Gasteiger partial charge is 0.0480 e. The summed E-state index contributed by atoms with van der Waals surface area (Å²) in [6.45, 7) is 2.26. The topological polar surface area (TPSA) is 27.8 Å². The maximum absolute atomic E-state index is 3.82. The van der Waals surface area contributed by atoms with Gasteiger partial charge in [0.05, 0.1) is 0 Å². The number of fused-ring (bicyclic) bond motifs is 3. The van der Waals surface area contributed by atoms with Crippen LogP contribution in [0.15, 0.2) is 54.6 Å². The molecule has 2 unspecified atom stereocenters. The maximum Gasteiger partial charge on any atom is 0.0480 e. The highest BCUT2D eigenvalue weighted by Gasteiger charge is 2.25. The van der Waals surface area contributed by atoms with Gasteiger partial charge in [0.2, 0.25) is 0 Å². The first kappa shape index (κ1) is 13.6. The van der Waals surface area contributed by atoms with E-state index in [0.717, 1.165) is 0 Å². The summed E-state index contributed by atoms with van der Waals surface area (Å²) in [4.78, 5) is 3.66. The monoisotopic (exact) mass is 290 g/mol. The lowest BCUT2D eigenvalue weighted by atomic mass is 9.91. The maximum atomic E-state index is 3.82. The minimum absolute atomic E-state index is 0.364. The minimum atomic E-state index is 0.364. The van der Waals surface area contributed by atoms with E-state index in [1.54, 1.807) is 0 Å². The molecule has 0 amide bonds. The van der Waals surface area contributed by atoms with Crippen molar-refractivity contribution in [3.8, 4) is 0 Å². The van der Waals surface area contributed by atoms with Gasteiger partial charge in [0.25, 0.3) is 0 Å². The zero-order chi connectivity index (χ0) is 14.9. The molecule has 4 rings (SSSR count). The number of para-hydroxylation sites is 1. The number of aromatic amines is 1. The first-order valence-corrected chi connectivity index (χ1v) is 8.23. The molecule has 1 aliphatic carbocycles. The summed E-state index contributed by atoms with van der Waals surface area (Å²) in [6, 6.07) is 20.2. The van der Waals surface area contributed by atoms with E-state index in [2.05, 4.69) is 71.8 Å². The number of rotatable bonds is 3. The van der Waals surface area contributed by atoms with Gasteiger partial charge in [0, 0.05) is 28.7 Å². The Morgan fingerprint density at radius 1 is 1.05 bits per heavy atom. The van der Waals surface area contributed by atoms with Crippen molar-refractivity contribution in [3.05, 3.63) is 71.4 Å². The quantitative estimate of drug-likeness (QED) is 0.705. The Kier molecular flexibility index (Phi) is 3.47. The lowest BCUT2D eigenvalue weighted by molar-refractivity contribution is 0.410. The standard InChI is InChI=1S/C20H22N2/c1-14(15-8-3-2-4-9-15)21-19-13-7-11-17-16-10-5-6-12-18(16)22-20(17)19/h2-6,8-10,12,14,19,21-22H,7,11,13H2,1H3. The van der Waals surface area contributed by atoms with Gasteiger partial charge in [0.1, 0.15) is 0 Å². The number of benzene rings is 2. The van der Waals surface area contributed by atoms with Crippen molar-refractivity contribution >= 4 is 10.9 Å². The number of nitrogens with one attached hydrogen (secondary N) is 2. The van der Waals surface area contributed by atoms with Crippen LogP contribution in [0.1, 0.15) is 48.7 Å². The van der Waals surface area contributed by atoms with Crippen LogP contribution in [0, 0.1) is 0 Å². The zero-order valence-electron chi connectivity index (χ0n) is 13.0. The van der Waals surface area contributed by atoms with Crippen LogP contribution < -0.4 is 5.32 Å². The molecule has 1 heterocycles. The molecule has 0 bridgehead atoms. The minimum Gasteiger partial charge on any atom is -0.357 e. The molecular weight excluding hydrogens is 268 g/mol. The molecule has 1 aromatic heterocycles. The third-order valence-electron chi connectivity index (χ3n) is 4.87. The van der Waals surface area contributed by atoms with Crippen LogP contribution >= 0.6 is 0 Å². The number of hydrogen-bond donors (Lipinski definition) is 2. The van der Waals surface area contributed by atoms with E-state index in [1.807, 2.05) is 0 Å². The molecule has 0 radical (unpaired) electrons. The molecule has 2 atom stereocenters. The number of aryl methyl sites for hydroxylation is 1. The first-order chi connectivity index (χ1) is 10.8. The second-order valence-electron chi connectivity index (χ2n) is 6.31. The second kappa shape index (κ2) is 5.62. The molecule has 2 nitrogen and oxygen atoms in total. The normalized spacial score (nSPS) is 19.0. The average Bonchev–Trinajstić information content (AvgIpc) is 2.95. The Labute approximate surface area is 131 Å². The Balaban J connectivity index is 1.65. The lowest BCUT2D eigenvalue weighted by Crippen LogP contribution is -2.27. The van der Waals surface area contributed by atoms with Crippen molar-refractivity contribution in [1.82, 2.24) is 10.3 Å². The molecule has 2 N–H and O–H groups in total. The average molecular weight is 290 g/mol. The predicted molar refractivity (Wildman–Crippen MR) is 92.0 cm³/mol. The van der Waals surface area contributed by atoms with Crippen LogP contribution in [0.2, 0.25) is 0 Å². The van der Waals surface area contributed by atoms with E-state index in [9.17, 15) is 0 Å². The highest BCUT2D eigenvalue weighted by Crippen LogP contribution is 2.35. The van der Waals surface area contributed by atoms with Gasteiger partial charge in [-0.15, -0.1) is 0 Å². The summed E-state index contributed by atoms with van der Waals surface area (Å²) in [6.07, 6.45) is 3.66. The van der Waals surface area contributed by atoms with E-state index in [0.29, 0.717) is 12.1 Å². The fraction of sp³-hybridized carbons (Fsp3) is 0.300. The molecule has 0 saturated carbocycles. The van der Waals surface area contributed by atoms with Gasteiger partial charge in [-0.3, -0.25) is 0 Å². The molecule has 0 aliphatic heterocycles. The Morgan fingerprint density at radius 3 is 2.68 bits per heavy atom.